The molecule has 1 N–H and O–H groups in total. The summed E-state index contributed by atoms with van der Waals surface area (Å²) in [4.78, 5) is 13.0. The van der Waals surface area contributed by atoms with E-state index in [9.17, 15) is 4.79 Å². The molecule has 0 aromatic rings. The Hall–Kier alpha value is -0.280. The van der Waals surface area contributed by atoms with Gasteiger partial charge >= 0.3 is 0 Å². The fourth-order valence-electron chi connectivity index (χ4n) is 1.65. The van der Waals surface area contributed by atoms with Crippen molar-refractivity contribution in [1.82, 2.24) is 5.32 Å². The molecule has 0 radical (unpaired) electrons. The Balaban J connectivity index is 2.28. The van der Waals surface area contributed by atoms with Gasteiger partial charge in [-0.05, 0) is 11.3 Å². The van der Waals surface area contributed by atoms with Gasteiger partial charge in [-0.2, -0.15) is 0 Å². The van der Waals surface area contributed by atoms with Gasteiger partial charge in [0.15, 0.2) is 5.78 Å². The summed E-state index contributed by atoms with van der Waals surface area (Å²) in [7, 11) is 0. The first kappa shape index (κ1) is 8.32. The maximum Gasteiger partial charge on any atom is 0.164 e. The number of thioether (sulfide) groups is 1. The van der Waals surface area contributed by atoms with Crippen LogP contribution in [0, 0.1) is 5.92 Å². The van der Waals surface area contributed by atoms with Crippen molar-refractivity contribution in [3.63, 3.8) is 0 Å². The summed E-state index contributed by atoms with van der Waals surface area (Å²) in [6, 6.07) is 0. The molecule has 0 aromatic carbocycles. The first-order chi connectivity index (χ1) is 5.79. The average Bonchev–Trinajstić information content (AvgIpc) is 2.12. The average molecular weight is 183 g/mol. The molecule has 0 bridgehead atoms. The number of nitrogens with one attached hydrogen (secondary N) is 1. The molecule has 2 aliphatic rings. The molecular formula is C9H13NOS. The molecule has 2 nitrogen and oxygen atoms in total. The van der Waals surface area contributed by atoms with Crippen LogP contribution in [0.4, 0.5) is 0 Å². The van der Waals surface area contributed by atoms with Gasteiger partial charge in [-0.25, -0.2) is 0 Å². The molecule has 66 valence electrons. The number of Topliss-reactive ketones (excluding diaryl/α,β-unsaturated/α-hetero) is 1. The van der Waals surface area contributed by atoms with Crippen molar-refractivity contribution in [2.75, 3.05) is 18.8 Å². The third-order valence-corrected chi connectivity index (χ3v) is 3.89. The van der Waals surface area contributed by atoms with Crippen LogP contribution in [0.25, 0.3) is 0 Å². The minimum Gasteiger partial charge on any atom is -0.312 e. The number of rotatable bonds is 0. The summed E-state index contributed by atoms with van der Waals surface area (Å²) in [5.74, 6) is 1.59. The third kappa shape index (κ3) is 1.31. The Morgan fingerprint density at radius 2 is 2.42 bits per heavy atom. The van der Waals surface area contributed by atoms with Crippen LogP contribution in [0.1, 0.15) is 13.3 Å². The van der Waals surface area contributed by atoms with Gasteiger partial charge in [-0.3, -0.25) is 4.79 Å². The Kier molecular flexibility index (Phi) is 2.24. The normalized spacial score (nSPS) is 30.4. The molecule has 2 rings (SSSR count). The number of ketones is 1. The van der Waals surface area contributed by atoms with E-state index < -0.39 is 0 Å². The van der Waals surface area contributed by atoms with E-state index >= 15 is 0 Å². The van der Waals surface area contributed by atoms with Gasteiger partial charge in [0.05, 0.1) is 0 Å². The van der Waals surface area contributed by atoms with Gasteiger partial charge in [-0.15, -0.1) is 11.8 Å². The van der Waals surface area contributed by atoms with Crippen LogP contribution in [0.5, 0.6) is 0 Å². The zero-order valence-electron chi connectivity index (χ0n) is 7.22. The molecule has 2 aliphatic heterocycles. The number of carbonyl (C=O) groups is 1. The van der Waals surface area contributed by atoms with Gasteiger partial charge in [0.25, 0.3) is 0 Å². The van der Waals surface area contributed by atoms with E-state index in [0.29, 0.717) is 5.78 Å². The lowest BCUT2D eigenvalue weighted by Gasteiger charge is -2.27. The summed E-state index contributed by atoms with van der Waals surface area (Å²) in [6.45, 7) is 3.85. The minimum atomic E-state index is 0.230. The van der Waals surface area contributed by atoms with Crippen molar-refractivity contribution in [3.8, 4) is 0 Å². The molecule has 0 unspecified atom stereocenters. The Morgan fingerprint density at radius 1 is 1.58 bits per heavy atom. The summed E-state index contributed by atoms with van der Waals surface area (Å²) < 4.78 is 0. The molecule has 0 saturated heterocycles. The van der Waals surface area contributed by atoms with E-state index in [4.69, 9.17) is 0 Å². The van der Waals surface area contributed by atoms with E-state index in [2.05, 4.69) is 5.32 Å². The van der Waals surface area contributed by atoms with Crippen LogP contribution < -0.4 is 5.32 Å². The molecule has 0 aliphatic carbocycles. The van der Waals surface area contributed by atoms with Crippen molar-refractivity contribution in [3.05, 3.63) is 10.5 Å². The van der Waals surface area contributed by atoms with E-state index in [1.165, 1.54) is 4.91 Å². The molecule has 0 fully saturated rings. The molecule has 0 saturated carbocycles. The molecule has 3 heteroatoms. The Bertz CT molecular complexity index is 247. The standard InChI is InChI=1S/C9H13NOS/c1-6-5-12-8-2-3-10-4-7(8)9(6)11/h6,10H,2-5H2,1H3/t6-/m1/s1. The quantitative estimate of drug-likeness (QED) is 0.611. The Labute approximate surface area is 76.8 Å². The van der Waals surface area contributed by atoms with Crippen LogP contribution in [0.2, 0.25) is 0 Å². The summed E-state index contributed by atoms with van der Waals surface area (Å²) in [6.07, 6.45) is 1.05. The van der Waals surface area contributed by atoms with Gasteiger partial charge in [0.1, 0.15) is 0 Å². The van der Waals surface area contributed by atoms with Crippen LogP contribution >= 0.6 is 11.8 Å². The first-order valence-corrected chi connectivity index (χ1v) is 5.37. The lowest BCUT2D eigenvalue weighted by molar-refractivity contribution is -0.118. The first-order valence-electron chi connectivity index (χ1n) is 4.39. The smallest absolute Gasteiger partial charge is 0.164 e. The number of hydrogen-bond acceptors (Lipinski definition) is 3. The van der Waals surface area contributed by atoms with Crippen molar-refractivity contribution in [2.45, 2.75) is 13.3 Å². The van der Waals surface area contributed by atoms with E-state index in [0.717, 1.165) is 30.8 Å². The molecule has 0 aromatic heterocycles. The SMILES string of the molecule is C[C@@H]1CSC2=C(CNCC2)C1=O. The zero-order chi connectivity index (χ0) is 8.55. The molecule has 1 atom stereocenters. The van der Waals surface area contributed by atoms with Gasteiger partial charge < -0.3 is 5.32 Å². The van der Waals surface area contributed by atoms with Crippen molar-refractivity contribution >= 4 is 17.5 Å². The second-order valence-electron chi connectivity index (χ2n) is 3.40. The predicted molar refractivity (Wildman–Crippen MR) is 51.1 cm³/mol. The number of carbonyl (C=O) groups excluding carboxylic acids is 1. The molecule has 0 amide bonds. The van der Waals surface area contributed by atoms with Crippen LogP contribution in [0.15, 0.2) is 10.5 Å². The van der Waals surface area contributed by atoms with Gasteiger partial charge in [0, 0.05) is 30.3 Å². The molecule has 12 heavy (non-hydrogen) atoms. The van der Waals surface area contributed by atoms with E-state index in [-0.39, 0.29) is 5.92 Å². The van der Waals surface area contributed by atoms with E-state index in [1.807, 2.05) is 18.7 Å². The summed E-state index contributed by atoms with van der Waals surface area (Å²) >= 11 is 1.88. The Morgan fingerprint density at radius 3 is 3.25 bits per heavy atom. The second kappa shape index (κ2) is 3.23. The third-order valence-electron chi connectivity index (χ3n) is 2.42. The van der Waals surface area contributed by atoms with Crippen LogP contribution in [-0.2, 0) is 4.79 Å². The summed E-state index contributed by atoms with van der Waals surface area (Å²) in [5.41, 5.74) is 1.06. The van der Waals surface area contributed by atoms with Crippen molar-refractivity contribution < 1.29 is 4.79 Å². The highest BCUT2D eigenvalue weighted by Gasteiger charge is 2.28. The molecular weight excluding hydrogens is 170 g/mol. The maximum atomic E-state index is 11.6. The molecule has 0 spiro atoms. The second-order valence-corrected chi connectivity index (χ2v) is 4.52. The van der Waals surface area contributed by atoms with Gasteiger partial charge in [-0.1, -0.05) is 6.92 Å². The predicted octanol–water partition coefficient (Wildman–Crippen LogP) is 1.19. The fraction of sp³-hybridized carbons (Fsp3) is 0.667. The van der Waals surface area contributed by atoms with Crippen molar-refractivity contribution in [2.24, 2.45) is 5.92 Å². The highest BCUT2D eigenvalue weighted by molar-refractivity contribution is 8.03. The van der Waals surface area contributed by atoms with Crippen molar-refractivity contribution in [1.29, 1.82) is 0 Å². The minimum absolute atomic E-state index is 0.230. The highest BCUT2D eigenvalue weighted by atomic mass is 32.2. The number of hydrogen-bond donors (Lipinski definition) is 1. The topological polar surface area (TPSA) is 29.1 Å². The van der Waals surface area contributed by atoms with E-state index in [1.54, 1.807) is 0 Å². The summed E-state index contributed by atoms with van der Waals surface area (Å²) in [5, 5.41) is 3.24. The maximum absolute atomic E-state index is 11.6. The highest BCUT2D eigenvalue weighted by Crippen LogP contribution is 2.33. The lowest BCUT2D eigenvalue weighted by Crippen LogP contribution is -2.33. The van der Waals surface area contributed by atoms with Crippen LogP contribution in [0.3, 0.4) is 0 Å². The lowest BCUT2D eigenvalue weighted by atomic mass is 9.97. The molecule has 2 heterocycles. The van der Waals surface area contributed by atoms with Crippen LogP contribution in [-0.4, -0.2) is 24.6 Å². The zero-order valence-corrected chi connectivity index (χ0v) is 8.04. The fourth-order valence-corrected chi connectivity index (χ4v) is 2.84. The largest absolute Gasteiger partial charge is 0.312 e. The van der Waals surface area contributed by atoms with Gasteiger partial charge in [0.2, 0.25) is 0 Å². The monoisotopic (exact) mass is 183 g/mol.